The minimum atomic E-state index is -0.249. The number of para-hydroxylation sites is 1. The third-order valence-corrected chi connectivity index (χ3v) is 4.19. The molecule has 26 heavy (non-hydrogen) atoms. The smallest absolute Gasteiger partial charge is 0.254 e. The minimum Gasteiger partial charge on any atom is -0.486 e. The number of nitrogens with one attached hydrogen (secondary N) is 1. The average molecular weight is 354 g/mol. The lowest BCUT2D eigenvalue weighted by Gasteiger charge is -2.21. The van der Waals surface area contributed by atoms with Crippen molar-refractivity contribution in [3.63, 3.8) is 0 Å². The number of benzene rings is 2. The monoisotopic (exact) mass is 354 g/mol. The first kappa shape index (κ1) is 17.8. The van der Waals surface area contributed by atoms with Gasteiger partial charge in [-0.15, -0.1) is 0 Å². The lowest BCUT2D eigenvalue weighted by molar-refractivity contribution is -0.116. The number of nitrogens with zero attached hydrogens (tertiary/aromatic N) is 1. The molecule has 2 aromatic carbocycles. The van der Waals surface area contributed by atoms with Gasteiger partial charge in [0.1, 0.15) is 13.2 Å². The van der Waals surface area contributed by atoms with Crippen molar-refractivity contribution in [1.82, 2.24) is 4.90 Å². The number of amides is 2. The number of likely N-dealkylation sites (N-methyl/N-ethyl adjacent to an activating group) is 1. The molecule has 2 aromatic rings. The van der Waals surface area contributed by atoms with Gasteiger partial charge in [0.2, 0.25) is 5.91 Å². The molecule has 1 aliphatic heterocycles. The highest BCUT2D eigenvalue weighted by Crippen LogP contribution is 2.31. The molecule has 0 aliphatic carbocycles. The Bertz CT molecular complexity index is 819. The molecule has 1 aliphatic rings. The van der Waals surface area contributed by atoms with Crippen LogP contribution in [0.2, 0.25) is 0 Å². The van der Waals surface area contributed by atoms with Crippen LogP contribution in [0.3, 0.4) is 0 Å². The summed E-state index contributed by atoms with van der Waals surface area (Å²) in [5.74, 6) is 0.696. The summed E-state index contributed by atoms with van der Waals surface area (Å²) in [5.41, 5.74) is 2.29. The molecule has 0 spiro atoms. The first-order valence-electron chi connectivity index (χ1n) is 8.61. The van der Waals surface area contributed by atoms with E-state index in [-0.39, 0.29) is 18.4 Å². The van der Waals surface area contributed by atoms with Gasteiger partial charge in [-0.3, -0.25) is 9.59 Å². The second kappa shape index (κ2) is 7.91. The first-order valence-corrected chi connectivity index (χ1v) is 8.61. The van der Waals surface area contributed by atoms with Crippen molar-refractivity contribution in [2.24, 2.45) is 0 Å². The zero-order valence-electron chi connectivity index (χ0n) is 15.0. The molecule has 6 heteroatoms. The Hall–Kier alpha value is -3.02. The van der Waals surface area contributed by atoms with Gasteiger partial charge >= 0.3 is 0 Å². The van der Waals surface area contributed by atoms with Crippen LogP contribution >= 0.6 is 0 Å². The molecule has 0 radical (unpaired) electrons. The summed E-state index contributed by atoms with van der Waals surface area (Å²) in [6, 6.07) is 12.7. The number of carbonyl (C=O) groups excluding carboxylic acids is 2. The number of hydrogen-bond donors (Lipinski definition) is 1. The van der Waals surface area contributed by atoms with E-state index in [0.29, 0.717) is 30.3 Å². The van der Waals surface area contributed by atoms with Crippen LogP contribution in [0.5, 0.6) is 11.5 Å². The van der Waals surface area contributed by atoms with E-state index in [2.05, 4.69) is 5.32 Å². The van der Waals surface area contributed by atoms with Gasteiger partial charge in [-0.25, -0.2) is 0 Å². The fraction of sp³-hybridized carbons (Fsp3) is 0.300. The average Bonchev–Trinajstić information content (AvgIpc) is 2.67. The predicted octanol–water partition coefficient (Wildman–Crippen LogP) is 2.73. The van der Waals surface area contributed by atoms with Gasteiger partial charge in [0.15, 0.2) is 11.5 Å². The fourth-order valence-electron chi connectivity index (χ4n) is 2.82. The molecule has 0 saturated heterocycles. The molecule has 0 unspecified atom stereocenters. The largest absolute Gasteiger partial charge is 0.486 e. The molecule has 3 rings (SSSR count). The second-order valence-corrected chi connectivity index (χ2v) is 6.08. The Morgan fingerprint density at radius 2 is 1.81 bits per heavy atom. The van der Waals surface area contributed by atoms with Crippen LogP contribution in [-0.4, -0.2) is 43.5 Å². The molecule has 0 atom stereocenters. The van der Waals surface area contributed by atoms with Crippen LogP contribution < -0.4 is 14.8 Å². The van der Waals surface area contributed by atoms with Crippen LogP contribution in [0.15, 0.2) is 42.5 Å². The van der Waals surface area contributed by atoms with E-state index in [9.17, 15) is 9.59 Å². The van der Waals surface area contributed by atoms with E-state index in [1.54, 1.807) is 25.2 Å². The predicted molar refractivity (Wildman–Crippen MR) is 98.8 cm³/mol. The molecule has 0 saturated carbocycles. The topological polar surface area (TPSA) is 67.9 Å². The van der Waals surface area contributed by atoms with Crippen molar-refractivity contribution in [2.75, 3.05) is 32.1 Å². The molecule has 1 N–H and O–H groups in total. The fourth-order valence-corrected chi connectivity index (χ4v) is 2.82. The standard InChI is InChI=1S/C20H22N2O4/c1-3-14-6-4-5-7-16(14)21-19(23)13-22(2)20(24)15-8-9-17-18(12-15)26-11-10-25-17/h4-9,12H,3,10-11,13H2,1-2H3,(H,21,23). The summed E-state index contributed by atoms with van der Waals surface area (Å²) in [4.78, 5) is 26.3. The Morgan fingerprint density at radius 3 is 2.58 bits per heavy atom. The highest BCUT2D eigenvalue weighted by atomic mass is 16.6. The Kier molecular flexibility index (Phi) is 5.41. The van der Waals surface area contributed by atoms with Crippen molar-refractivity contribution in [3.05, 3.63) is 53.6 Å². The third-order valence-electron chi connectivity index (χ3n) is 4.19. The van der Waals surface area contributed by atoms with Crippen LogP contribution in [0, 0.1) is 0 Å². The van der Waals surface area contributed by atoms with E-state index in [1.807, 2.05) is 31.2 Å². The van der Waals surface area contributed by atoms with E-state index in [0.717, 1.165) is 17.7 Å². The van der Waals surface area contributed by atoms with Crippen molar-refractivity contribution < 1.29 is 19.1 Å². The normalized spacial score (nSPS) is 12.4. The number of aryl methyl sites for hydroxylation is 1. The minimum absolute atomic E-state index is 0.0364. The molecule has 0 aromatic heterocycles. The number of fused-ring (bicyclic) bond motifs is 1. The maximum atomic E-state index is 12.6. The van der Waals surface area contributed by atoms with E-state index in [1.165, 1.54) is 4.90 Å². The number of hydrogen-bond acceptors (Lipinski definition) is 4. The molecule has 0 bridgehead atoms. The second-order valence-electron chi connectivity index (χ2n) is 6.08. The maximum absolute atomic E-state index is 12.6. The van der Waals surface area contributed by atoms with Gasteiger partial charge in [-0.1, -0.05) is 25.1 Å². The quantitative estimate of drug-likeness (QED) is 0.896. The van der Waals surface area contributed by atoms with Crippen molar-refractivity contribution >= 4 is 17.5 Å². The molecular formula is C20H22N2O4. The van der Waals surface area contributed by atoms with Crippen LogP contribution in [0.25, 0.3) is 0 Å². The van der Waals surface area contributed by atoms with Gasteiger partial charge in [-0.2, -0.15) is 0 Å². The zero-order valence-corrected chi connectivity index (χ0v) is 15.0. The first-order chi connectivity index (χ1) is 12.6. The summed E-state index contributed by atoms with van der Waals surface area (Å²) in [5, 5.41) is 2.87. The van der Waals surface area contributed by atoms with Crippen LogP contribution in [0.1, 0.15) is 22.8 Å². The SMILES string of the molecule is CCc1ccccc1NC(=O)CN(C)C(=O)c1ccc2c(c1)OCCO2. The lowest BCUT2D eigenvalue weighted by Crippen LogP contribution is -2.35. The van der Waals surface area contributed by atoms with Crippen molar-refractivity contribution in [2.45, 2.75) is 13.3 Å². The highest BCUT2D eigenvalue weighted by molar-refractivity contribution is 5.99. The highest BCUT2D eigenvalue weighted by Gasteiger charge is 2.19. The summed E-state index contributed by atoms with van der Waals surface area (Å²) in [7, 11) is 1.60. The van der Waals surface area contributed by atoms with Gasteiger partial charge in [0.05, 0.1) is 6.54 Å². The van der Waals surface area contributed by atoms with Gasteiger partial charge < -0.3 is 19.7 Å². The van der Waals surface area contributed by atoms with E-state index < -0.39 is 0 Å². The molecule has 136 valence electrons. The molecule has 2 amide bonds. The number of carbonyl (C=O) groups is 2. The van der Waals surface area contributed by atoms with Gasteiger partial charge in [-0.05, 0) is 36.2 Å². The summed E-state index contributed by atoms with van der Waals surface area (Å²) in [6.45, 7) is 2.95. The molecule has 6 nitrogen and oxygen atoms in total. The third kappa shape index (κ3) is 3.96. The Balaban J connectivity index is 1.64. The molecule has 1 heterocycles. The maximum Gasteiger partial charge on any atom is 0.254 e. The Morgan fingerprint density at radius 1 is 1.08 bits per heavy atom. The van der Waals surface area contributed by atoms with Gasteiger partial charge in [0.25, 0.3) is 5.91 Å². The zero-order chi connectivity index (χ0) is 18.5. The Labute approximate surface area is 152 Å². The lowest BCUT2D eigenvalue weighted by atomic mass is 10.1. The van der Waals surface area contributed by atoms with Crippen molar-refractivity contribution in [3.8, 4) is 11.5 Å². The van der Waals surface area contributed by atoms with Crippen molar-refractivity contribution in [1.29, 1.82) is 0 Å². The van der Waals surface area contributed by atoms with E-state index in [4.69, 9.17) is 9.47 Å². The summed E-state index contributed by atoms with van der Waals surface area (Å²) in [6.07, 6.45) is 0.822. The number of ether oxygens (including phenoxy) is 2. The molecule has 0 fully saturated rings. The number of anilines is 1. The van der Waals surface area contributed by atoms with Crippen LogP contribution in [-0.2, 0) is 11.2 Å². The van der Waals surface area contributed by atoms with E-state index >= 15 is 0 Å². The van der Waals surface area contributed by atoms with Crippen LogP contribution in [0.4, 0.5) is 5.69 Å². The molecular weight excluding hydrogens is 332 g/mol. The number of rotatable bonds is 5. The van der Waals surface area contributed by atoms with Gasteiger partial charge in [0, 0.05) is 18.3 Å². The summed E-state index contributed by atoms with van der Waals surface area (Å²) >= 11 is 0. The summed E-state index contributed by atoms with van der Waals surface area (Å²) < 4.78 is 11.0.